The molecule has 1 aromatic rings. The molecule has 94 valence electrons. The van der Waals surface area contributed by atoms with E-state index in [4.69, 9.17) is 0 Å². The van der Waals surface area contributed by atoms with Crippen molar-refractivity contribution in [3.63, 3.8) is 0 Å². The summed E-state index contributed by atoms with van der Waals surface area (Å²) in [7, 11) is 1.72. The summed E-state index contributed by atoms with van der Waals surface area (Å²) in [6.07, 6.45) is 0.860. The maximum atomic E-state index is 13.2. The van der Waals surface area contributed by atoms with Crippen molar-refractivity contribution < 1.29 is 9.18 Å². The molecule has 0 aliphatic carbocycles. The molecule has 17 heavy (non-hydrogen) atoms. The minimum Gasteiger partial charge on any atom is -0.342 e. The largest absolute Gasteiger partial charge is 0.342 e. The number of rotatable bonds is 4. The summed E-state index contributed by atoms with van der Waals surface area (Å²) in [5.74, 6) is -0.580. The van der Waals surface area contributed by atoms with E-state index < -0.39 is 5.82 Å². The molecule has 1 atom stereocenters. The first-order chi connectivity index (χ1) is 7.90. The Morgan fingerprint density at radius 1 is 1.47 bits per heavy atom. The predicted octanol–water partition coefficient (Wildman–Crippen LogP) is 3.83. The average molecular weight is 367 g/mol. The Kier molecular flexibility index (Phi) is 5.59. The second-order valence-corrected chi connectivity index (χ2v) is 6.43. The second-order valence-electron chi connectivity index (χ2n) is 3.95. The zero-order valence-electron chi connectivity index (χ0n) is 9.71. The van der Waals surface area contributed by atoms with Crippen molar-refractivity contribution >= 4 is 37.8 Å². The number of nitrogens with zero attached hydrogens (tertiary/aromatic N) is 1. The Balaban J connectivity index is 2.74. The first-order valence-corrected chi connectivity index (χ1v) is 6.96. The van der Waals surface area contributed by atoms with E-state index in [9.17, 15) is 9.18 Å². The lowest BCUT2D eigenvalue weighted by Gasteiger charge is -2.18. The van der Waals surface area contributed by atoms with E-state index >= 15 is 0 Å². The summed E-state index contributed by atoms with van der Waals surface area (Å²) in [5, 5.41) is 0. The van der Waals surface area contributed by atoms with Crippen LogP contribution in [0.4, 0.5) is 4.39 Å². The first-order valence-electron chi connectivity index (χ1n) is 5.26. The fourth-order valence-corrected chi connectivity index (χ4v) is 2.04. The third kappa shape index (κ3) is 4.76. The number of carbonyl (C=O) groups is 1. The molecular formula is C12H14Br2FNO. The van der Waals surface area contributed by atoms with E-state index in [-0.39, 0.29) is 5.91 Å². The summed E-state index contributed by atoms with van der Waals surface area (Å²) in [6, 6.07) is 4.21. The summed E-state index contributed by atoms with van der Waals surface area (Å²) < 4.78 is 13.7. The molecule has 0 aliphatic rings. The summed E-state index contributed by atoms with van der Waals surface area (Å²) >= 11 is 6.60. The van der Waals surface area contributed by atoms with Crippen LogP contribution in [0.3, 0.4) is 0 Å². The third-order valence-corrected chi connectivity index (χ3v) is 3.23. The Labute approximate surface area is 117 Å². The summed E-state index contributed by atoms with van der Waals surface area (Å²) in [4.78, 5) is 13.9. The van der Waals surface area contributed by atoms with Gasteiger partial charge in [-0.2, -0.15) is 0 Å². The van der Waals surface area contributed by atoms with Crippen molar-refractivity contribution in [2.45, 2.75) is 18.2 Å². The maximum absolute atomic E-state index is 13.2. The van der Waals surface area contributed by atoms with Crippen LogP contribution in [0.1, 0.15) is 23.7 Å². The van der Waals surface area contributed by atoms with Crippen LogP contribution >= 0.6 is 31.9 Å². The average Bonchev–Trinajstić information content (AvgIpc) is 2.23. The van der Waals surface area contributed by atoms with Gasteiger partial charge in [0, 0.05) is 28.5 Å². The molecule has 2 nitrogen and oxygen atoms in total. The van der Waals surface area contributed by atoms with Crippen LogP contribution in [0.25, 0.3) is 0 Å². The van der Waals surface area contributed by atoms with E-state index in [1.807, 2.05) is 6.92 Å². The fraction of sp³-hybridized carbons (Fsp3) is 0.417. The van der Waals surface area contributed by atoms with Crippen LogP contribution < -0.4 is 0 Å². The highest BCUT2D eigenvalue weighted by Gasteiger charge is 2.13. The lowest BCUT2D eigenvalue weighted by atomic mass is 10.2. The number of hydrogen-bond donors (Lipinski definition) is 0. The van der Waals surface area contributed by atoms with Gasteiger partial charge in [-0.1, -0.05) is 38.8 Å². The third-order valence-electron chi connectivity index (χ3n) is 2.32. The Bertz CT molecular complexity index is 389. The highest BCUT2D eigenvalue weighted by molar-refractivity contribution is 9.10. The minimum absolute atomic E-state index is 0.168. The number of amides is 1. The van der Waals surface area contributed by atoms with Gasteiger partial charge in [-0.25, -0.2) is 4.39 Å². The van der Waals surface area contributed by atoms with E-state index in [0.717, 1.165) is 6.42 Å². The van der Waals surface area contributed by atoms with E-state index in [1.54, 1.807) is 18.0 Å². The number of hydrogen-bond acceptors (Lipinski definition) is 1. The standard InChI is InChI=1S/C12H14Br2FNO/c1-8(13)3-4-16(2)12(17)9-5-10(14)7-11(15)6-9/h5-8H,3-4H2,1-2H3. The smallest absolute Gasteiger partial charge is 0.253 e. The number of halogens is 3. The SMILES string of the molecule is CC(Br)CCN(C)C(=O)c1cc(F)cc(Br)c1. The lowest BCUT2D eigenvalue weighted by molar-refractivity contribution is 0.0793. The van der Waals surface area contributed by atoms with Gasteiger partial charge >= 0.3 is 0 Å². The summed E-state index contributed by atoms with van der Waals surface area (Å²) in [5.41, 5.74) is 0.363. The molecule has 0 aromatic heterocycles. The molecule has 1 unspecified atom stereocenters. The molecule has 0 saturated heterocycles. The second kappa shape index (κ2) is 6.50. The van der Waals surface area contributed by atoms with Crippen molar-refractivity contribution in [3.8, 4) is 0 Å². The molecule has 0 spiro atoms. The maximum Gasteiger partial charge on any atom is 0.253 e. The quantitative estimate of drug-likeness (QED) is 0.741. The van der Waals surface area contributed by atoms with E-state index in [0.29, 0.717) is 21.4 Å². The van der Waals surface area contributed by atoms with Crippen molar-refractivity contribution in [2.24, 2.45) is 0 Å². The lowest BCUT2D eigenvalue weighted by Crippen LogP contribution is -2.28. The molecule has 1 rings (SSSR count). The Hall–Kier alpha value is -0.420. The van der Waals surface area contributed by atoms with Gasteiger partial charge in [0.15, 0.2) is 0 Å². The molecule has 0 fully saturated rings. The van der Waals surface area contributed by atoms with Gasteiger partial charge in [-0.3, -0.25) is 4.79 Å². The van der Waals surface area contributed by atoms with E-state index in [1.165, 1.54) is 12.1 Å². The highest BCUT2D eigenvalue weighted by Crippen LogP contribution is 2.16. The van der Waals surface area contributed by atoms with Crippen LogP contribution in [-0.4, -0.2) is 29.2 Å². The zero-order valence-corrected chi connectivity index (χ0v) is 12.9. The highest BCUT2D eigenvalue weighted by atomic mass is 79.9. The molecule has 1 amide bonds. The van der Waals surface area contributed by atoms with Gasteiger partial charge < -0.3 is 4.90 Å². The molecule has 5 heteroatoms. The number of alkyl halides is 1. The van der Waals surface area contributed by atoms with Crippen molar-refractivity contribution in [1.29, 1.82) is 0 Å². The Morgan fingerprint density at radius 3 is 2.65 bits per heavy atom. The molecule has 0 heterocycles. The minimum atomic E-state index is -0.412. The number of carbonyl (C=O) groups excluding carboxylic acids is 1. The summed E-state index contributed by atoms with van der Waals surface area (Å²) in [6.45, 7) is 2.66. The zero-order chi connectivity index (χ0) is 13.0. The molecule has 0 saturated carbocycles. The van der Waals surface area contributed by atoms with Crippen LogP contribution in [0.2, 0.25) is 0 Å². The van der Waals surface area contributed by atoms with Crippen LogP contribution in [0, 0.1) is 5.82 Å². The topological polar surface area (TPSA) is 20.3 Å². The van der Waals surface area contributed by atoms with Crippen molar-refractivity contribution in [3.05, 3.63) is 34.1 Å². The van der Waals surface area contributed by atoms with Gasteiger partial charge in [0.05, 0.1) is 0 Å². The van der Waals surface area contributed by atoms with Gasteiger partial charge in [0.25, 0.3) is 5.91 Å². The first kappa shape index (κ1) is 14.6. The molecule has 0 bridgehead atoms. The van der Waals surface area contributed by atoms with Gasteiger partial charge in [0.2, 0.25) is 0 Å². The van der Waals surface area contributed by atoms with Gasteiger partial charge in [0.1, 0.15) is 5.82 Å². The van der Waals surface area contributed by atoms with Crippen LogP contribution in [0.5, 0.6) is 0 Å². The molecule has 0 N–H and O–H groups in total. The predicted molar refractivity (Wildman–Crippen MR) is 74.1 cm³/mol. The van der Waals surface area contributed by atoms with Crippen molar-refractivity contribution in [2.75, 3.05) is 13.6 Å². The van der Waals surface area contributed by atoms with Gasteiger partial charge in [-0.05, 0) is 24.6 Å². The molecule has 0 aliphatic heterocycles. The monoisotopic (exact) mass is 365 g/mol. The van der Waals surface area contributed by atoms with Crippen LogP contribution in [-0.2, 0) is 0 Å². The molecule has 1 aromatic carbocycles. The normalized spacial score (nSPS) is 12.3. The molecular weight excluding hydrogens is 353 g/mol. The van der Waals surface area contributed by atoms with Crippen LogP contribution in [0.15, 0.2) is 22.7 Å². The van der Waals surface area contributed by atoms with E-state index in [2.05, 4.69) is 31.9 Å². The molecule has 0 radical (unpaired) electrons. The number of benzene rings is 1. The fourth-order valence-electron chi connectivity index (χ4n) is 1.37. The van der Waals surface area contributed by atoms with Crippen molar-refractivity contribution in [1.82, 2.24) is 4.90 Å². The van der Waals surface area contributed by atoms with Gasteiger partial charge in [-0.15, -0.1) is 0 Å². The Morgan fingerprint density at radius 2 is 2.12 bits per heavy atom.